The van der Waals surface area contributed by atoms with Gasteiger partial charge in [-0.3, -0.25) is 9.69 Å². The van der Waals surface area contributed by atoms with Gasteiger partial charge in [0.25, 0.3) is 5.91 Å². The molecule has 2 aromatic rings. The zero-order valence-corrected chi connectivity index (χ0v) is 17.2. The Hall–Kier alpha value is -2.25. The van der Waals surface area contributed by atoms with Gasteiger partial charge in [-0.15, -0.1) is 0 Å². The Morgan fingerprint density at radius 1 is 1.11 bits per heavy atom. The maximum absolute atomic E-state index is 13.3. The summed E-state index contributed by atoms with van der Waals surface area (Å²) in [5.74, 6) is -1.50. The van der Waals surface area contributed by atoms with E-state index in [1.165, 1.54) is 23.3 Å². The minimum Gasteiger partial charge on any atom is -0.452 e. The van der Waals surface area contributed by atoms with Crippen LogP contribution in [-0.2, 0) is 16.1 Å². The first kappa shape index (κ1) is 20.5. The van der Waals surface area contributed by atoms with E-state index in [-0.39, 0.29) is 18.1 Å². The summed E-state index contributed by atoms with van der Waals surface area (Å²) in [7, 11) is 0. The molecule has 0 aliphatic carbocycles. The monoisotopic (exact) mass is 448 g/mol. The summed E-state index contributed by atoms with van der Waals surface area (Å²) in [4.78, 5) is 28.4. The van der Waals surface area contributed by atoms with Crippen LogP contribution in [0.2, 0.25) is 0 Å². The Labute approximate surface area is 172 Å². The number of piperazine rings is 1. The second-order valence-electron chi connectivity index (χ2n) is 6.85. The van der Waals surface area contributed by atoms with Gasteiger partial charge in [0.2, 0.25) is 0 Å². The van der Waals surface area contributed by atoms with Crippen molar-refractivity contribution >= 4 is 27.8 Å². The van der Waals surface area contributed by atoms with Gasteiger partial charge < -0.3 is 9.64 Å². The van der Waals surface area contributed by atoms with E-state index in [1.54, 1.807) is 4.90 Å². The number of hydrogen-bond acceptors (Lipinski definition) is 4. The van der Waals surface area contributed by atoms with E-state index in [0.717, 1.165) is 25.7 Å². The van der Waals surface area contributed by atoms with Crippen LogP contribution in [0.15, 0.2) is 46.9 Å². The second-order valence-corrected chi connectivity index (χ2v) is 7.70. The third-order valence-corrected chi connectivity index (χ3v) is 5.38. The molecule has 28 heavy (non-hydrogen) atoms. The molecule has 5 nitrogen and oxygen atoms in total. The predicted molar refractivity (Wildman–Crippen MR) is 107 cm³/mol. The van der Waals surface area contributed by atoms with Gasteiger partial charge in [0.1, 0.15) is 5.82 Å². The van der Waals surface area contributed by atoms with Crippen molar-refractivity contribution in [2.45, 2.75) is 13.5 Å². The Kier molecular flexibility index (Phi) is 6.80. The fourth-order valence-corrected chi connectivity index (χ4v) is 3.58. The van der Waals surface area contributed by atoms with Crippen molar-refractivity contribution < 1.29 is 18.7 Å². The molecular weight excluding hydrogens is 427 g/mol. The van der Waals surface area contributed by atoms with Crippen LogP contribution < -0.4 is 0 Å². The zero-order chi connectivity index (χ0) is 20.1. The Bertz CT molecular complexity index is 866. The van der Waals surface area contributed by atoms with E-state index in [0.29, 0.717) is 17.6 Å². The van der Waals surface area contributed by atoms with Crippen molar-refractivity contribution in [1.82, 2.24) is 9.80 Å². The molecule has 1 amide bonds. The van der Waals surface area contributed by atoms with Crippen LogP contribution in [0.1, 0.15) is 21.5 Å². The van der Waals surface area contributed by atoms with E-state index in [9.17, 15) is 14.0 Å². The van der Waals surface area contributed by atoms with Crippen molar-refractivity contribution in [3.8, 4) is 0 Å². The molecule has 0 spiro atoms. The standard InChI is InChI=1S/C21H22BrFN2O3/c1-15-3-2-4-16(11-15)13-24-7-9-25(10-8-24)20(26)14-28-21(27)18-12-17(23)5-6-19(18)22/h2-6,11-12H,7-10,13-14H2,1H3. The van der Waals surface area contributed by atoms with Crippen molar-refractivity contribution in [2.24, 2.45) is 0 Å². The molecule has 0 bridgehead atoms. The summed E-state index contributed by atoms with van der Waals surface area (Å²) in [6.45, 7) is 5.29. The molecule has 0 aromatic heterocycles. The van der Waals surface area contributed by atoms with Gasteiger partial charge in [-0.25, -0.2) is 9.18 Å². The molecule has 1 aliphatic rings. The maximum Gasteiger partial charge on any atom is 0.339 e. The summed E-state index contributed by atoms with van der Waals surface area (Å²) < 4.78 is 18.8. The molecule has 148 valence electrons. The molecule has 1 fully saturated rings. The number of amides is 1. The number of nitrogens with zero attached hydrogens (tertiary/aromatic N) is 2. The van der Waals surface area contributed by atoms with Crippen LogP contribution in [0.5, 0.6) is 0 Å². The summed E-state index contributed by atoms with van der Waals surface area (Å²) in [6.07, 6.45) is 0. The van der Waals surface area contributed by atoms with Gasteiger partial charge in [-0.1, -0.05) is 29.8 Å². The number of carbonyl (C=O) groups excluding carboxylic acids is 2. The first-order valence-corrected chi connectivity index (χ1v) is 9.89. The third kappa shape index (κ3) is 5.39. The van der Waals surface area contributed by atoms with Crippen LogP contribution in [0.4, 0.5) is 4.39 Å². The van der Waals surface area contributed by atoms with Crippen LogP contribution in [-0.4, -0.2) is 54.5 Å². The lowest BCUT2D eigenvalue weighted by atomic mass is 10.1. The first-order valence-electron chi connectivity index (χ1n) is 9.10. The van der Waals surface area contributed by atoms with Crippen LogP contribution >= 0.6 is 15.9 Å². The van der Waals surface area contributed by atoms with Gasteiger partial charge >= 0.3 is 5.97 Å². The molecule has 2 aromatic carbocycles. The quantitative estimate of drug-likeness (QED) is 0.657. The summed E-state index contributed by atoms with van der Waals surface area (Å²) in [6, 6.07) is 12.2. The minimum absolute atomic E-state index is 0.0655. The predicted octanol–water partition coefficient (Wildman–Crippen LogP) is 3.40. The lowest BCUT2D eigenvalue weighted by Crippen LogP contribution is -2.49. The lowest BCUT2D eigenvalue weighted by Gasteiger charge is -2.34. The summed E-state index contributed by atoms with van der Waals surface area (Å²) in [5.41, 5.74) is 2.56. The normalized spacial score (nSPS) is 14.8. The number of hydrogen-bond donors (Lipinski definition) is 0. The fourth-order valence-electron chi connectivity index (χ4n) is 3.17. The number of esters is 1. The maximum atomic E-state index is 13.3. The average molecular weight is 449 g/mol. The zero-order valence-electron chi connectivity index (χ0n) is 15.7. The number of aryl methyl sites for hydroxylation is 1. The molecule has 0 saturated carbocycles. The molecule has 1 saturated heterocycles. The van der Waals surface area contributed by atoms with E-state index >= 15 is 0 Å². The highest BCUT2D eigenvalue weighted by molar-refractivity contribution is 9.10. The molecule has 7 heteroatoms. The molecule has 0 atom stereocenters. The van der Waals surface area contributed by atoms with Crippen molar-refractivity contribution in [3.05, 3.63) is 69.4 Å². The summed E-state index contributed by atoms with van der Waals surface area (Å²) in [5, 5.41) is 0. The number of carbonyl (C=O) groups is 2. The van der Waals surface area contributed by atoms with Gasteiger partial charge in [0, 0.05) is 37.2 Å². The molecule has 0 unspecified atom stereocenters. The highest BCUT2D eigenvalue weighted by Crippen LogP contribution is 2.19. The van der Waals surface area contributed by atoms with Crippen molar-refractivity contribution in [2.75, 3.05) is 32.8 Å². The van der Waals surface area contributed by atoms with E-state index in [2.05, 4.69) is 52.0 Å². The topological polar surface area (TPSA) is 49.9 Å². The third-order valence-electron chi connectivity index (χ3n) is 4.69. The van der Waals surface area contributed by atoms with Crippen LogP contribution in [0, 0.1) is 12.7 Å². The number of benzene rings is 2. The van der Waals surface area contributed by atoms with Crippen molar-refractivity contribution in [3.63, 3.8) is 0 Å². The average Bonchev–Trinajstić information content (AvgIpc) is 2.68. The number of rotatable bonds is 5. The Morgan fingerprint density at radius 3 is 2.57 bits per heavy atom. The van der Waals surface area contributed by atoms with E-state index in [4.69, 9.17) is 4.74 Å². The van der Waals surface area contributed by atoms with Crippen LogP contribution in [0.3, 0.4) is 0 Å². The van der Waals surface area contributed by atoms with E-state index < -0.39 is 11.8 Å². The van der Waals surface area contributed by atoms with Crippen LogP contribution in [0.25, 0.3) is 0 Å². The Balaban J connectivity index is 1.46. The van der Waals surface area contributed by atoms with Gasteiger partial charge in [-0.2, -0.15) is 0 Å². The molecule has 0 N–H and O–H groups in total. The Morgan fingerprint density at radius 2 is 1.86 bits per heavy atom. The second kappa shape index (κ2) is 9.30. The summed E-state index contributed by atoms with van der Waals surface area (Å²) >= 11 is 3.18. The SMILES string of the molecule is Cc1cccc(CN2CCN(C(=O)COC(=O)c3cc(F)ccc3Br)CC2)c1. The number of halogens is 2. The van der Waals surface area contributed by atoms with Gasteiger partial charge in [0.05, 0.1) is 5.56 Å². The number of ether oxygens (including phenoxy) is 1. The van der Waals surface area contributed by atoms with Gasteiger partial charge in [0.15, 0.2) is 6.61 Å². The van der Waals surface area contributed by atoms with Crippen molar-refractivity contribution in [1.29, 1.82) is 0 Å². The van der Waals surface area contributed by atoms with Gasteiger partial charge in [-0.05, 0) is 46.6 Å². The molecular formula is C21H22BrFN2O3. The molecule has 1 heterocycles. The highest BCUT2D eigenvalue weighted by atomic mass is 79.9. The largest absolute Gasteiger partial charge is 0.452 e. The smallest absolute Gasteiger partial charge is 0.339 e. The van der Waals surface area contributed by atoms with E-state index in [1.807, 2.05) is 0 Å². The molecule has 1 aliphatic heterocycles. The highest BCUT2D eigenvalue weighted by Gasteiger charge is 2.23. The lowest BCUT2D eigenvalue weighted by molar-refractivity contribution is -0.136. The molecule has 3 rings (SSSR count). The fraction of sp³-hybridized carbons (Fsp3) is 0.333. The first-order chi connectivity index (χ1) is 13.4. The minimum atomic E-state index is -0.724. The molecule has 0 radical (unpaired) electrons.